The average Bonchev–Trinajstić information content (AvgIpc) is 3.51. The highest BCUT2D eigenvalue weighted by Gasteiger charge is 2.39. The molecule has 2 aromatic heterocycles. The molecule has 1 fully saturated rings. The zero-order chi connectivity index (χ0) is 31.2. The van der Waals surface area contributed by atoms with Crippen LogP contribution in [0.2, 0.25) is 5.02 Å². The molecule has 5 aromatic rings. The van der Waals surface area contributed by atoms with Crippen LogP contribution >= 0.6 is 11.6 Å². The molecule has 0 spiro atoms. The lowest BCUT2D eigenvalue weighted by Gasteiger charge is -2.28. The second kappa shape index (κ2) is 11.6. The number of carbonyl (C=O) groups is 1. The van der Waals surface area contributed by atoms with Gasteiger partial charge in [0.25, 0.3) is 0 Å². The summed E-state index contributed by atoms with van der Waals surface area (Å²) < 4.78 is 58.6. The van der Waals surface area contributed by atoms with Crippen molar-refractivity contribution < 1.29 is 32.5 Å². The quantitative estimate of drug-likeness (QED) is 0.192. The van der Waals surface area contributed by atoms with Gasteiger partial charge in [0, 0.05) is 39.6 Å². The van der Waals surface area contributed by atoms with E-state index < -0.39 is 23.4 Å². The molecular formula is C33H27ClF3N3O4. The number of hydrogen-bond acceptors (Lipinski definition) is 5. The Kier molecular flexibility index (Phi) is 7.81. The number of ether oxygens (including phenoxy) is 2. The number of pyridine rings is 1. The number of halogens is 4. The summed E-state index contributed by atoms with van der Waals surface area (Å²) in [6.45, 7) is 4.75. The molecule has 0 radical (unpaired) electrons. The van der Waals surface area contributed by atoms with E-state index in [4.69, 9.17) is 21.1 Å². The molecule has 1 aliphatic heterocycles. The first-order valence-electron chi connectivity index (χ1n) is 13.8. The molecule has 6 rings (SSSR count). The maximum Gasteiger partial charge on any atom is 0.335 e. The molecule has 0 amide bonds. The lowest BCUT2D eigenvalue weighted by atomic mass is 9.87. The number of benzene rings is 3. The standard InChI is InChI=1S/C33H27ClF3N3O4/c1-33(2)17-43-16-29(33)40-28-12-18(32(41)42)7-9-27(28)38-30(40)14-22-24(36)10-20(11-25(22)37)26-4-3-5-31(39-26)44-15-19-6-8-21(34)13-23(19)35/h3-13,29H,14-17H2,1-2H3,(H,41,42). The molecule has 0 bridgehead atoms. The van der Waals surface area contributed by atoms with Crippen LogP contribution in [0.4, 0.5) is 13.2 Å². The summed E-state index contributed by atoms with van der Waals surface area (Å²) in [5, 5.41) is 9.84. The van der Waals surface area contributed by atoms with Crippen LogP contribution in [-0.4, -0.2) is 38.8 Å². The van der Waals surface area contributed by atoms with Gasteiger partial charge in [-0.1, -0.05) is 37.6 Å². The Morgan fingerprint density at radius 2 is 1.82 bits per heavy atom. The molecule has 1 saturated heterocycles. The van der Waals surface area contributed by atoms with Crippen LogP contribution in [0, 0.1) is 22.9 Å². The van der Waals surface area contributed by atoms with Crippen LogP contribution in [0.3, 0.4) is 0 Å². The van der Waals surface area contributed by atoms with Gasteiger partial charge in [-0.25, -0.2) is 27.9 Å². The molecule has 1 atom stereocenters. The van der Waals surface area contributed by atoms with Crippen molar-refractivity contribution >= 4 is 28.6 Å². The number of carboxylic acid groups (broad SMARTS) is 1. The Balaban J connectivity index is 1.31. The van der Waals surface area contributed by atoms with E-state index in [0.717, 1.165) is 0 Å². The summed E-state index contributed by atoms with van der Waals surface area (Å²) in [5.74, 6) is -2.65. The third-order valence-electron chi connectivity index (χ3n) is 7.86. The fourth-order valence-corrected chi connectivity index (χ4v) is 5.61. The molecule has 11 heteroatoms. The van der Waals surface area contributed by atoms with E-state index in [-0.39, 0.29) is 63.3 Å². The van der Waals surface area contributed by atoms with Gasteiger partial charge in [-0.05, 0) is 48.5 Å². The van der Waals surface area contributed by atoms with E-state index in [2.05, 4.69) is 9.97 Å². The molecule has 0 aliphatic carbocycles. The van der Waals surface area contributed by atoms with E-state index >= 15 is 8.78 Å². The number of fused-ring (bicyclic) bond motifs is 1. The molecule has 3 heterocycles. The van der Waals surface area contributed by atoms with Crippen LogP contribution in [0.5, 0.6) is 5.88 Å². The first-order chi connectivity index (χ1) is 21.0. The summed E-state index contributed by atoms with van der Waals surface area (Å²) in [4.78, 5) is 20.7. The predicted octanol–water partition coefficient (Wildman–Crippen LogP) is 7.63. The fourth-order valence-electron chi connectivity index (χ4n) is 5.45. The molecule has 1 N–H and O–H groups in total. The summed E-state index contributed by atoms with van der Waals surface area (Å²) in [6, 6.07) is 15.7. The Hall–Kier alpha value is -4.41. The van der Waals surface area contributed by atoms with Gasteiger partial charge in [0.15, 0.2) is 0 Å². The van der Waals surface area contributed by atoms with Crippen LogP contribution in [0.25, 0.3) is 22.3 Å². The average molecular weight is 622 g/mol. The van der Waals surface area contributed by atoms with Crippen molar-refractivity contribution in [1.29, 1.82) is 0 Å². The van der Waals surface area contributed by atoms with Crippen molar-refractivity contribution in [2.75, 3.05) is 13.2 Å². The number of imidazole rings is 1. The van der Waals surface area contributed by atoms with Gasteiger partial charge in [-0.15, -0.1) is 0 Å². The van der Waals surface area contributed by atoms with Crippen molar-refractivity contribution in [3.63, 3.8) is 0 Å². The number of aromatic carboxylic acids is 1. The minimum Gasteiger partial charge on any atom is -0.478 e. The third kappa shape index (κ3) is 5.75. The fraction of sp³-hybridized carbons (Fsp3) is 0.242. The van der Waals surface area contributed by atoms with Gasteiger partial charge >= 0.3 is 5.97 Å². The maximum absolute atomic E-state index is 15.6. The predicted molar refractivity (Wildman–Crippen MR) is 158 cm³/mol. The number of carboxylic acids is 1. The minimum atomic E-state index is -1.09. The van der Waals surface area contributed by atoms with Crippen molar-refractivity contribution in [3.8, 4) is 17.1 Å². The molecule has 44 heavy (non-hydrogen) atoms. The van der Waals surface area contributed by atoms with Gasteiger partial charge in [-0.3, -0.25) is 0 Å². The monoisotopic (exact) mass is 621 g/mol. The highest BCUT2D eigenvalue weighted by molar-refractivity contribution is 6.30. The van der Waals surface area contributed by atoms with E-state index in [1.807, 2.05) is 18.4 Å². The first kappa shape index (κ1) is 29.7. The topological polar surface area (TPSA) is 86.5 Å². The van der Waals surface area contributed by atoms with Crippen molar-refractivity contribution in [2.24, 2.45) is 5.41 Å². The van der Waals surface area contributed by atoms with Crippen LogP contribution < -0.4 is 4.74 Å². The lowest BCUT2D eigenvalue weighted by Crippen LogP contribution is -2.27. The smallest absolute Gasteiger partial charge is 0.335 e. The lowest BCUT2D eigenvalue weighted by molar-refractivity contribution is 0.0697. The van der Waals surface area contributed by atoms with E-state index in [1.54, 1.807) is 30.3 Å². The normalized spacial score (nSPS) is 16.0. The Bertz CT molecular complexity index is 1890. The Labute approximate surface area is 255 Å². The van der Waals surface area contributed by atoms with Gasteiger partial charge < -0.3 is 19.1 Å². The summed E-state index contributed by atoms with van der Waals surface area (Å²) in [7, 11) is 0. The van der Waals surface area contributed by atoms with Gasteiger partial charge in [0.2, 0.25) is 5.88 Å². The van der Waals surface area contributed by atoms with Crippen molar-refractivity contribution in [3.05, 3.63) is 112 Å². The zero-order valence-corrected chi connectivity index (χ0v) is 24.5. The van der Waals surface area contributed by atoms with Gasteiger partial charge in [0.05, 0.1) is 41.5 Å². The largest absolute Gasteiger partial charge is 0.478 e. The second-order valence-electron chi connectivity index (χ2n) is 11.4. The third-order valence-corrected chi connectivity index (χ3v) is 8.09. The van der Waals surface area contributed by atoms with Gasteiger partial charge in [-0.2, -0.15) is 0 Å². The summed E-state index contributed by atoms with van der Waals surface area (Å²) in [6.07, 6.45) is -0.176. The molecule has 1 aliphatic rings. The van der Waals surface area contributed by atoms with Gasteiger partial charge in [0.1, 0.15) is 29.9 Å². The number of rotatable bonds is 8. The Morgan fingerprint density at radius 1 is 1.05 bits per heavy atom. The van der Waals surface area contributed by atoms with Crippen LogP contribution in [-0.2, 0) is 17.8 Å². The summed E-state index contributed by atoms with van der Waals surface area (Å²) >= 11 is 5.80. The number of aromatic nitrogens is 3. The van der Waals surface area contributed by atoms with Crippen molar-refractivity contribution in [2.45, 2.75) is 32.9 Å². The van der Waals surface area contributed by atoms with E-state index in [0.29, 0.717) is 30.1 Å². The number of nitrogens with zero attached hydrogens (tertiary/aromatic N) is 3. The maximum atomic E-state index is 15.6. The molecule has 0 saturated carbocycles. The highest BCUT2D eigenvalue weighted by atomic mass is 35.5. The molecule has 7 nitrogen and oxygen atoms in total. The van der Waals surface area contributed by atoms with Crippen LogP contribution in [0.1, 0.15) is 47.2 Å². The molecular weight excluding hydrogens is 595 g/mol. The van der Waals surface area contributed by atoms with Crippen LogP contribution in [0.15, 0.2) is 66.7 Å². The van der Waals surface area contributed by atoms with E-state index in [1.165, 1.54) is 36.4 Å². The first-order valence-corrected chi connectivity index (χ1v) is 14.2. The molecule has 1 unspecified atom stereocenters. The van der Waals surface area contributed by atoms with Crippen molar-refractivity contribution in [1.82, 2.24) is 14.5 Å². The highest BCUT2D eigenvalue weighted by Crippen LogP contribution is 2.40. The Morgan fingerprint density at radius 3 is 2.50 bits per heavy atom. The number of hydrogen-bond donors (Lipinski definition) is 1. The van der Waals surface area contributed by atoms with E-state index in [9.17, 15) is 14.3 Å². The molecule has 226 valence electrons. The molecule has 3 aromatic carbocycles. The minimum absolute atomic E-state index is 0.0839. The zero-order valence-electron chi connectivity index (χ0n) is 23.8. The summed E-state index contributed by atoms with van der Waals surface area (Å²) in [5.41, 5.74) is 1.37. The second-order valence-corrected chi connectivity index (χ2v) is 11.8. The SMILES string of the molecule is CC1(C)COCC1n1c(Cc2c(F)cc(-c3cccc(OCc4ccc(Cl)cc4F)n3)cc2F)nc2ccc(C(=O)O)cc21.